The fourth-order valence-corrected chi connectivity index (χ4v) is 1.95. The summed E-state index contributed by atoms with van der Waals surface area (Å²) in [6.07, 6.45) is -0.557. The lowest BCUT2D eigenvalue weighted by molar-refractivity contribution is -0.116. The highest BCUT2D eigenvalue weighted by Gasteiger charge is 2.13. The van der Waals surface area contributed by atoms with Gasteiger partial charge in [0, 0.05) is 17.1 Å². The van der Waals surface area contributed by atoms with E-state index in [0.29, 0.717) is 17.1 Å². The molecule has 0 radical (unpaired) electrons. The third-order valence-electron chi connectivity index (χ3n) is 3.19. The number of hydrogen-bond donors (Lipinski definition) is 3. The lowest BCUT2D eigenvalue weighted by Crippen LogP contribution is -2.31. The molecule has 3 N–H and O–H groups in total. The second kappa shape index (κ2) is 7.96. The predicted molar refractivity (Wildman–Crippen MR) is 90.6 cm³/mol. The number of carbonyl (C=O) groups excluding carboxylic acids is 2. The number of anilines is 3. The Morgan fingerprint density at radius 1 is 1.00 bits per heavy atom. The maximum atomic E-state index is 13.1. The van der Waals surface area contributed by atoms with Crippen molar-refractivity contribution in [3.05, 3.63) is 54.3 Å². The standard InChI is InChI=1S/C17H18FN3O3/c1-11(16(22)20-15-5-3-4-12(18)10-15)19-13-6-8-14(9-7-13)21-17(23)24-2/h3-11,19H,1-2H3,(H,20,22)(H,21,23). The normalized spacial score (nSPS) is 11.3. The van der Waals surface area contributed by atoms with Crippen molar-refractivity contribution in [3.8, 4) is 0 Å². The Morgan fingerprint density at radius 3 is 2.29 bits per heavy atom. The number of amides is 2. The van der Waals surface area contributed by atoms with E-state index < -0.39 is 18.0 Å². The van der Waals surface area contributed by atoms with Gasteiger partial charge in [-0.1, -0.05) is 6.07 Å². The summed E-state index contributed by atoms with van der Waals surface area (Å²) in [4.78, 5) is 23.2. The maximum absolute atomic E-state index is 13.1. The highest BCUT2D eigenvalue weighted by atomic mass is 19.1. The van der Waals surface area contributed by atoms with E-state index in [1.54, 1.807) is 37.3 Å². The molecule has 0 spiro atoms. The van der Waals surface area contributed by atoms with E-state index in [1.165, 1.54) is 25.3 Å². The molecule has 0 bridgehead atoms. The molecule has 0 fully saturated rings. The van der Waals surface area contributed by atoms with Crippen molar-refractivity contribution in [2.75, 3.05) is 23.1 Å². The van der Waals surface area contributed by atoms with Gasteiger partial charge in [0.05, 0.1) is 7.11 Å². The molecule has 0 aliphatic heterocycles. The molecular weight excluding hydrogens is 313 g/mol. The fraction of sp³-hybridized carbons (Fsp3) is 0.176. The van der Waals surface area contributed by atoms with Crippen LogP contribution >= 0.6 is 0 Å². The zero-order valence-electron chi connectivity index (χ0n) is 13.3. The minimum absolute atomic E-state index is 0.294. The number of rotatable bonds is 5. The highest BCUT2D eigenvalue weighted by Crippen LogP contribution is 2.15. The predicted octanol–water partition coefficient (Wildman–Crippen LogP) is 3.44. The van der Waals surface area contributed by atoms with Gasteiger partial charge in [0.1, 0.15) is 11.9 Å². The summed E-state index contributed by atoms with van der Waals surface area (Å²) in [7, 11) is 1.28. The average Bonchev–Trinajstić information content (AvgIpc) is 2.56. The number of ether oxygens (including phenoxy) is 1. The summed E-state index contributed by atoms with van der Waals surface area (Å²) >= 11 is 0. The van der Waals surface area contributed by atoms with Gasteiger partial charge in [0.2, 0.25) is 5.91 Å². The summed E-state index contributed by atoms with van der Waals surface area (Å²) in [5.41, 5.74) is 1.67. The van der Waals surface area contributed by atoms with E-state index >= 15 is 0 Å². The Hall–Kier alpha value is -3.09. The second-order valence-corrected chi connectivity index (χ2v) is 5.06. The van der Waals surface area contributed by atoms with E-state index in [-0.39, 0.29) is 5.91 Å². The first-order valence-electron chi connectivity index (χ1n) is 7.26. The molecule has 2 aromatic rings. The Balaban J connectivity index is 1.92. The lowest BCUT2D eigenvalue weighted by atomic mass is 10.2. The van der Waals surface area contributed by atoms with Gasteiger partial charge in [0.25, 0.3) is 0 Å². The highest BCUT2D eigenvalue weighted by molar-refractivity contribution is 5.96. The zero-order valence-corrected chi connectivity index (χ0v) is 13.3. The van der Waals surface area contributed by atoms with Gasteiger partial charge in [-0.15, -0.1) is 0 Å². The van der Waals surface area contributed by atoms with Gasteiger partial charge < -0.3 is 15.4 Å². The van der Waals surface area contributed by atoms with Crippen LogP contribution in [-0.4, -0.2) is 25.2 Å². The summed E-state index contributed by atoms with van der Waals surface area (Å²) < 4.78 is 17.6. The van der Waals surface area contributed by atoms with Gasteiger partial charge in [-0.3, -0.25) is 10.1 Å². The number of methoxy groups -OCH3 is 1. The van der Waals surface area contributed by atoms with Crippen LogP contribution in [0.5, 0.6) is 0 Å². The van der Waals surface area contributed by atoms with E-state index in [1.807, 2.05) is 0 Å². The number of nitrogens with one attached hydrogen (secondary N) is 3. The van der Waals surface area contributed by atoms with E-state index in [0.717, 1.165) is 0 Å². The van der Waals surface area contributed by atoms with Crippen LogP contribution < -0.4 is 16.0 Å². The molecular formula is C17H18FN3O3. The molecule has 6 nitrogen and oxygen atoms in total. The molecule has 126 valence electrons. The Bertz CT molecular complexity index is 719. The molecule has 0 heterocycles. The molecule has 0 saturated heterocycles. The summed E-state index contributed by atoms with van der Waals surface area (Å²) in [6.45, 7) is 1.69. The molecule has 2 amide bonds. The summed E-state index contributed by atoms with van der Waals surface area (Å²) in [5, 5.41) is 8.18. The quantitative estimate of drug-likeness (QED) is 0.784. The summed E-state index contributed by atoms with van der Waals surface area (Å²) in [5.74, 6) is -0.709. The van der Waals surface area contributed by atoms with Gasteiger partial charge >= 0.3 is 6.09 Å². The molecule has 24 heavy (non-hydrogen) atoms. The number of halogens is 1. The Kier molecular flexibility index (Phi) is 5.73. The molecule has 0 aliphatic rings. The lowest BCUT2D eigenvalue weighted by Gasteiger charge is -2.15. The number of hydrogen-bond acceptors (Lipinski definition) is 4. The second-order valence-electron chi connectivity index (χ2n) is 5.06. The molecule has 0 aliphatic carbocycles. The molecule has 7 heteroatoms. The molecule has 0 aromatic heterocycles. The summed E-state index contributed by atoms with van der Waals surface area (Å²) in [6, 6.07) is 11.9. The van der Waals surface area contributed by atoms with Crippen molar-refractivity contribution in [2.24, 2.45) is 0 Å². The van der Waals surface area contributed by atoms with Crippen molar-refractivity contribution in [3.63, 3.8) is 0 Å². The monoisotopic (exact) mass is 331 g/mol. The molecule has 1 atom stereocenters. The van der Waals surface area contributed by atoms with Crippen LogP contribution in [0, 0.1) is 5.82 Å². The minimum atomic E-state index is -0.557. The van der Waals surface area contributed by atoms with Crippen molar-refractivity contribution in [1.82, 2.24) is 0 Å². The largest absolute Gasteiger partial charge is 0.453 e. The van der Waals surface area contributed by atoms with Crippen LogP contribution in [0.1, 0.15) is 6.92 Å². The fourth-order valence-electron chi connectivity index (χ4n) is 1.95. The minimum Gasteiger partial charge on any atom is -0.453 e. The van der Waals surface area contributed by atoms with Crippen LogP contribution in [0.15, 0.2) is 48.5 Å². The first-order valence-corrected chi connectivity index (χ1v) is 7.26. The van der Waals surface area contributed by atoms with Gasteiger partial charge in [0.15, 0.2) is 0 Å². The van der Waals surface area contributed by atoms with Gasteiger partial charge in [-0.2, -0.15) is 0 Å². The van der Waals surface area contributed by atoms with E-state index in [4.69, 9.17) is 0 Å². The van der Waals surface area contributed by atoms with Crippen LogP contribution in [-0.2, 0) is 9.53 Å². The van der Waals surface area contributed by atoms with Crippen LogP contribution in [0.25, 0.3) is 0 Å². The van der Waals surface area contributed by atoms with Crippen LogP contribution in [0.2, 0.25) is 0 Å². The van der Waals surface area contributed by atoms with Gasteiger partial charge in [-0.25, -0.2) is 9.18 Å². The molecule has 1 unspecified atom stereocenters. The zero-order chi connectivity index (χ0) is 17.5. The number of benzene rings is 2. The molecule has 0 saturated carbocycles. The first kappa shape index (κ1) is 17.3. The van der Waals surface area contributed by atoms with Gasteiger partial charge in [-0.05, 0) is 49.4 Å². The smallest absolute Gasteiger partial charge is 0.411 e. The Morgan fingerprint density at radius 2 is 1.67 bits per heavy atom. The van der Waals surface area contributed by atoms with Crippen molar-refractivity contribution in [1.29, 1.82) is 0 Å². The van der Waals surface area contributed by atoms with Crippen LogP contribution in [0.3, 0.4) is 0 Å². The van der Waals surface area contributed by atoms with E-state index in [9.17, 15) is 14.0 Å². The first-order chi connectivity index (χ1) is 11.5. The van der Waals surface area contributed by atoms with Crippen LogP contribution in [0.4, 0.5) is 26.2 Å². The maximum Gasteiger partial charge on any atom is 0.411 e. The molecule has 2 aromatic carbocycles. The third kappa shape index (κ3) is 4.98. The van der Waals surface area contributed by atoms with E-state index in [2.05, 4.69) is 20.7 Å². The van der Waals surface area contributed by atoms with Crippen molar-refractivity contribution >= 4 is 29.1 Å². The third-order valence-corrected chi connectivity index (χ3v) is 3.19. The topological polar surface area (TPSA) is 79.5 Å². The van der Waals surface area contributed by atoms with Crippen molar-refractivity contribution in [2.45, 2.75) is 13.0 Å². The SMILES string of the molecule is COC(=O)Nc1ccc(NC(C)C(=O)Nc2cccc(F)c2)cc1. The molecule has 2 rings (SSSR count). The van der Waals surface area contributed by atoms with Crippen molar-refractivity contribution < 1.29 is 18.7 Å². The average molecular weight is 331 g/mol. The number of carbonyl (C=O) groups is 2. The Labute approximate surface area is 139 Å².